The van der Waals surface area contributed by atoms with E-state index in [9.17, 15) is 9.59 Å². The van der Waals surface area contributed by atoms with Gasteiger partial charge >= 0.3 is 0 Å². The van der Waals surface area contributed by atoms with Crippen molar-refractivity contribution in [3.63, 3.8) is 0 Å². The highest BCUT2D eigenvalue weighted by atomic mass is 35.5. The van der Waals surface area contributed by atoms with Gasteiger partial charge in [-0.15, -0.1) is 0 Å². The number of benzene rings is 1. The molecular formula is C15H15Cl2N3O2S. The number of halogens is 2. The monoisotopic (exact) mass is 371 g/mol. The second-order valence-corrected chi connectivity index (χ2v) is 7.26. The Bertz CT molecular complexity index is 759. The number of hydrogen-bond donors (Lipinski definition) is 2. The van der Waals surface area contributed by atoms with E-state index >= 15 is 0 Å². The molecule has 0 aliphatic carbocycles. The van der Waals surface area contributed by atoms with Gasteiger partial charge in [0.05, 0.1) is 21.2 Å². The Morgan fingerprint density at radius 3 is 2.57 bits per heavy atom. The summed E-state index contributed by atoms with van der Waals surface area (Å²) in [6.45, 7) is 3.49. The van der Waals surface area contributed by atoms with E-state index in [4.69, 9.17) is 28.9 Å². The third-order valence-electron chi connectivity index (χ3n) is 3.31. The SMILES string of the molecule is CC(C)(CNC(=O)c1cc(-c2ccc(Cl)c(Cl)c2)ns1)C(N)=O. The summed E-state index contributed by atoms with van der Waals surface area (Å²) in [6, 6.07) is 6.81. The zero-order chi connectivity index (χ0) is 17.2. The molecular weight excluding hydrogens is 357 g/mol. The van der Waals surface area contributed by atoms with Crippen molar-refractivity contribution < 1.29 is 9.59 Å². The third-order valence-corrected chi connectivity index (χ3v) is 4.83. The molecule has 2 amide bonds. The molecule has 2 rings (SSSR count). The number of aromatic nitrogens is 1. The van der Waals surface area contributed by atoms with Crippen molar-refractivity contribution in [2.75, 3.05) is 6.54 Å². The minimum atomic E-state index is -0.813. The molecule has 0 unspecified atom stereocenters. The van der Waals surface area contributed by atoms with Crippen molar-refractivity contribution in [2.24, 2.45) is 11.1 Å². The van der Waals surface area contributed by atoms with E-state index in [1.165, 1.54) is 0 Å². The third kappa shape index (κ3) is 4.22. The Kier molecular flexibility index (Phi) is 5.29. The van der Waals surface area contributed by atoms with Crippen molar-refractivity contribution in [3.05, 3.63) is 39.2 Å². The van der Waals surface area contributed by atoms with Crippen LogP contribution in [0.2, 0.25) is 10.0 Å². The second-order valence-electron chi connectivity index (χ2n) is 5.64. The van der Waals surface area contributed by atoms with Gasteiger partial charge in [-0.2, -0.15) is 4.37 Å². The van der Waals surface area contributed by atoms with Crippen LogP contribution < -0.4 is 11.1 Å². The van der Waals surface area contributed by atoms with Crippen molar-refractivity contribution in [1.82, 2.24) is 9.69 Å². The van der Waals surface area contributed by atoms with E-state index in [2.05, 4.69) is 9.69 Å². The minimum Gasteiger partial charge on any atom is -0.369 e. The lowest BCUT2D eigenvalue weighted by molar-refractivity contribution is -0.125. The normalized spacial score (nSPS) is 11.3. The molecule has 23 heavy (non-hydrogen) atoms. The maximum Gasteiger partial charge on any atom is 0.263 e. The summed E-state index contributed by atoms with van der Waals surface area (Å²) in [7, 11) is 0. The molecule has 8 heteroatoms. The van der Waals surface area contributed by atoms with Crippen LogP contribution >= 0.6 is 34.7 Å². The van der Waals surface area contributed by atoms with Crippen LogP contribution in [0.5, 0.6) is 0 Å². The highest BCUT2D eigenvalue weighted by molar-refractivity contribution is 7.08. The molecule has 1 aromatic carbocycles. The van der Waals surface area contributed by atoms with E-state index in [-0.39, 0.29) is 12.5 Å². The van der Waals surface area contributed by atoms with Gasteiger partial charge in [0.1, 0.15) is 4.88 Å². The predicted octanol–water partition coefficient (Wildman–Crippen LogP) is 3.36. The topological polar surface area (TPSA) is 85.1 Å². The van der Waals surface area contributed by atoms with Gasteiger partial charge < -0.3 is 11.1 Å². The lowest BCUT2D eigenvalue weighted by atomic mass is 9.93. The first-order valence-corrected chi connectivity index (χ1v) is 8.24. The van der Waals surface area contributed by atoms with Crippen LogP contribution in [0.15, 0.2) is 24.3 Å². The fourth-order valence-electron chi connectivity index (χ4n) is 1.65. The van der Waals surface area contributed by atoms with E-state index < -0.39 is 11.3 Å². The minimum absolute atomic E-state index is 0.154. The molecule has 1 heterocycles. The van der Waals surface area contributed by atoms with Crippen LogP contribution in [-0.2, 0) is 4.79 Å². The predicted molar refractivity (Wildman–Crippen MR) is 92.9 cm³/mol. The second kappa shape index (κ2) is 6.86. The number of hydrogen-bond acceptors (Lipinski definition) is 4. The molecule has 0 saturated heterocycles. The van der Waals surface area contributed by atoms with Crippen LogP contribution in [0.4, 0.5) is 0 Å². The summed E-state index contributed by atoms with van der Waals surface area (Å²) in [5.41, 5.74) is 5.87. The molecule has 0 spiro atoms. The van der Waals surface area contributed by atoms with Gasteiger partial charge in [-0.25, -0.2) is 0 Å². The Labute approximate surface area is 147 Å². The fourth-order valence-corrected chi connectivity index (χ4v) is 2.62. The van der Waals surface area contributed by atoms with Gasteiger partial charge in [0, 0.05) is 12.1 Å². The number of nitrogens with zero attached hydrogens (tertiary/aromatic N) is 1. The molecule has 2 aromatic rings. The van der Waals surface area contributed by atoms with Gasteiger partial charge in [-0.05, 0) is 43.6 Å². The smallest absolute Gasteiger partial charge is 0.263 e. The summed E-state index contributed by atoms with van der Waals surface area (Å²) < 4.78 is 4.25. The van der Waals surface area contributed by atoms with Crippen LogP contribution in [0.3, 0.4) is 0 Å². The molecule has 0 fully saturated rings. The van der Waals surface area contributed by atoms with Gasteiger partial charge in [-0.3, -0.25) is 9.59 Å². The zero-order valence-corrected chi connectivity index (χ0v) is 14.9. The van der Waals surface area contributed by atoms with Crippen LogP contribution in [0.25, 0.3) is 11.3 Å². The molecule has 0 aliphatic heterocycles. The number of amides is 2. The van der Waals surface area contributed by atoms with Gasteiger partial charge in [0.2, 0.25) is 5.91 Å². The first-order valence-electron chi connectivity index (χ1n) is 6.71. The van der Waals surface area contributed by atoms with Crippen molar-refractivity contribution >= 4 is 46.5 Å². The number of carbonyl (C=O) groups excluding carboxylic acids is 2. The number of rotatable bonds is 5. The molecule has 0 saturated carbocycles. The highest BCUT2D eigenvalue weighted by Crippen LogP contribution is 2.29. The van der Waals surface area contributed by atoms with Crippen LogP contribution in [0.1, 0.15) is 23.5 Å². The Hall–Kier alpha value is -1.63. The van der Waals surface area contributed by atoms with Gasteiger partial charge in [-0.1, -0.05) is 29.3 Å². The summed E-state index contributed by atoms with van der Waals surface area (Å²) in [4.78, 5) is 23.8. The molecule has 5 nitrogen and oxygen atoms in total. The van der Waals surface area contributed by atoms with Gasteiger partial charge in [0.15, 0.2) is 0 Å². The summed E-state index contributed by atoms with van der Waals surface area (Å²) >= 11 is 12.9. The van der Waals surface area contributed by atoms with E-state index in [0.717, 1.165) is 17.1 Å². The fraction of sp³-hybridized carbons (Fsp3) is 0.267. The Morgan fingerprint density at radius 1 is 1.26 bits per heavy atom. The molecule has 0 aliphatic rings. The summed E-state index contributed by atoms with van der Waals surface area (Å²) in [5, 5.41) is 3.57. The highest BCUT2D eigenvalue weighted by Gasteiger charge is 2.26. The average molecular weight is 372 g/mol. The van der Waals surface area contributed by atoms with Crippen molar-refractivity contribution in [1.29, 1.82) is 0 Å². The first kappa shape index (κ1) is 17.7. The van der Waals surface area contributed by atoms with Crippen LogP contribution in [0, 0.1) is 5.41 Å². The standard InChI is InChI=1S/C15H15Cl2N3O2S/c1-15(2,14(18)22)7-19-13(21)12-6-11(20-23-12)8-3-4-9(16)10(17)5-8/h3-6H,7H2,1-2H3,(H2,18,22)(H,19,21). The van der Waals surface area contributed by atoms with Crippen LogP contribution in [-0.4, -0.2) is 22.7 Å². The van der Waals surface area contributed by atoms with Gasteiger partial charge in [0.25, 0.3) is 5.91 Å². The van der Waals surface area contributed by atoms with E-state index in [1.54, 1.807) is 38.1 Å². The quantitative estimate of drug-likeness (QED) is 0.844. The number of nitrogens with one attached hydrogen (secondary N) is 1. The Balaban J connectivity index is 2.11. The van der Waals surface area contributed by atoms with E-state index in [0.29, 0.717) is 20.6 Å². The molecule has 1 aromatic heterocycles. The maximum absolute atomic E-state index is 12.1. The number of nitrogens with two attached hydrogens (primary N) is 1. The zero-order valence-electron chi connectivity index (χ0n) is 12.5. The van der Waals surface area contributed by atoms with Crippen molar-refractivity contribution in [2.45, 2.75) is 13.8 Å². The largest absolute Gasteiger partial charge is 0.369 e. The lowest BCUT2D eigenvalue weighted by Crippen LogP contribution is -2.42. The summed E-state index contributed by atoms with van der Waals surface area (Å²) in [5.74, 6) is -0.776. The first-order chi connectivity index (χ1) is 10.7. The molecule has 0 bridgehead atoms. The maximum atomic E-state index is 12.1. The number of primary amides is 1. The lowest BCUT2D eigenvalue weighted by Gasteiger charge is -2.20. The number of carbonyl (C=O) groups is 2. The summed E-state index contributed by atoms with van der Waals surface area (Å²) in [6.07, 6.45) is 0. The molecule has 0 radical (unpaired) electrons. The Morgan fingerprint density at radius 2 is 1.96 bits per heavy atom. The average Bonchev–Trinajstić information content (AvgIpc) is 2.97. The van der Waals surface area contributed by atoms with Crippen molar-refractivity contribution in [3.8, 4) is 11.3 Å². The molecule has 0 atom stereocenters. The van der Waals surface area contributed by atoms with E-state index in [1.807, 2.05) is 0 Å². The molecule has 3 N–H and O–H groups in total. The molecule has 122 valence electrons.